The summed E-state index contributed by atoms with van der Waals surface area (Å²) in [7, 11) is 3.39. The number of hydrogen-bond acceptors (Lipinski definition) is 2. The van der Waals surface area contributed by atoms with E-state index in [1.165, 1.54) is 36.8 Å². The van der Waals surface area contributed by atoms with E-state index in [4.69, 9.17) is 9.47 Å². The molecule has 2 aromatic carbocycles. The highest BCUT2D eigenvalue weighted by Gasteiger charge is 2.02. The van der Waals surface area contributed by atoms with Gasteiger partial charge < -0.3 is 9.47 Å². The van der Waals surface area contributed by atoms with E-state index in [-0.39, 0.29) is 0 Å². The Bertz CT molecular complexity index is 512. The van der Waals surface area contributed by atoms with Gasteiger partial charge in [0, 0.05) is 6.07 Å². The van der Waals surface area contributed by atoms with Gasteiger partial charge in [-0.3, -0.25) is 0 Å². The van der Waals surface area contributed by atoms with Crippen LogP contribution in [0.3, 0.4) is 0 Å². The second-order valence-electron chi connectivity index (χ2n) is 5.27. The fourth-order valence-corrected chi connectivity index (χ4v) is 2.49. The number of benzene rings is 2. The summed E-state index contributed by atoms with van der Waals surface area (Å²) < 4.78 is 10.6. The molecule has 112 valence electrons. The largest absolute Gasteiger partial charge is 0.497 e. The Kier molecular flexibility index (Phi) is 6.14. The Morgan fingerprint density at radius 3 is 1.81 bits per heavy atom. The minimum atomic E-state index is 0.869. The lowest BCUT2D eigenvalue weighted by Gasteiger charge is -2.08. The molecule has 0 bridgehead atoms. The Hall–Kier alpha value is -1.96. The van der Waals surface area contributed by atoms with Crippen LogP contribution in [0.4, 0.5) is 0 Å². The number of aryl methyl sites for hydroxylation is 2. The van der Waals surface area contributed by atoms with Gasteiger partial charge in [-0.1, -0.05) is 36.8 Å². The molecule has 0 atom stereocenters. The van der Waals surface area contributed by atoms with Crippen molar-refractivity contribution < 1.29 is 9.47 Å². The van der Waals surface area contributed by atoms with Crippen molar-refractivity contribution in [2.75, 3.05) is 14.2 Å². The highest BCUT2D eigenvalue weighted by atomic mass is 16.5. The highest BCUT2D eigenvalue weighted by Crippen LogP contribution is 2.23. The van der Waals surface area contributed by atoms with Gasteiger partial charge in [-0.25, -0.2) is 0 Å². The zero-order valence-corrected chi connectivity index (χ0v) is 13.0. The Balaban J connectivity index is 1.75. The van der Waals surface area contributed by atoms with Crippen molar-refractivity contribution in [2.24, 2.45) is 0 Å². The van der Waals surface area contributed by atoms with Crippen LogP contribution in [0.15, 0.2) is 48.5 Å². The third kappa shape index (κ3) is 5.14. The van der Waals surface area contributed by atoms with E-state index in [0.29, 0.717) is 0 Å². The zero-order chi connectivity index (χ0) is 14.9. The van der Waals surface area contributed by atoms with Crippen LogP contribution in [0.25, 0.3) is 0 Å². The van der Waals surface area contributed by atoms with Gasteiger partial charge in [-0.2, -0.15) is 0 Å². The smallest absolute Gasteiger partial charge is 0.122 e. The van der Waals surface area contributed by atoms with Gasteiger partial charge in [-0.15, -0.1) is 0 Å². The molecule has 0 amide bonds. The first-order valence-electron chi connectivity index (χ1n) is 7.57. The number of rotatable bonds is 8. The van der Waals surface area contributed by atoms with Gasteiger partial charge in [0.15, 0.2) is 0 Å². The minimum absolute atomic E-state index is 0.869. The third-order valence-electron chi connectivity index (χ3n) is 3.68. The molecular weight excluding hydrogens is 260 g/mol. The van der Waals surface area contributed by atoms with Gasteiger partial charge in [-0.05, 0) is 48.9 Å². The van der Waals surface area contributed by atoms with E-state index < -0.39 is 0 Å². The van der Waals surface area contributed by atoms with E-state index in [1.807, 2.05) is 6.07 Å². The van der Waals surface area contributed by atoms with Crippen molar-refractivity contribution in [3.63, 3.8) is 0 Å². The fraction of sp³-hybridized carbons (Fsp3) is 0.368. The van der Waals surface area contributed by atoms with Crippen LogP contribution < -0.4 is 9.47 Å². The summed E-state index contributed by atoms with van der Waals surface area (Å²) in [6.45, 7) is 0. The molecule has 0 aliphatic carbocycles. The molecule has 0 fully saturated rings. The molecule has 0 aliphatic heterocycles. The first-order chi connectivity index (χ1) is 10.3. The molecule has 2 heteroatoms. The molecule has 0 aliphatic rings. The van der Waals surface area contributed by atoms with E-state index in [9.17, 15) is 0 Å². The molecule has 0 N–H and O–H groups in total. The molecule has 0 heterocycles. The number of ether oxygens (including phenoxy) is 2. The second-order valence-corrected chi connectivity index (χ2v) is 5.27. The fourth-order valence-electron chi connectivity index (χ4n) is 2.49. The van der Waals surface area contributed by atoms with E-state index in [2.05, 4.69) is 42.5 Å². The molecule has 0 spiro atoms. The first kappa shape index (κ1) is 15.4. The van der Waals surface area contributed by atoms with Gasteiger partial charge in [0.05, 0.1) is 14.2 Å². The summed E-state index contributed by atoms with van der Waals surface area (Å²) >= 11 is 0. The molecule has 0 unspecified atom stereocenters. The Labute approximate surface area is 127 Å². The number of methoxy groups -OCH3 is 2. The average molecular weight is 284 g/mol. The second kappa shape index (κ2) is 8.35. The summed E-state index contributed by atoms with van der Waals surface area (Å²) in [6, 6.07) is 16.8. The van der Waals surface area contributed by atoms with Crippen molar-refractivity contribution in [3.8, 4) is 11.5 Å². The molecular formula is C19H24O2. The van der Waals surface area contributed by atoms with Gasteiger partial charge >= 0.3 is 0 Å². The highest BCUT2D eigenvalue weighted by molar-refractivity contribution is 5.38. The molecule has 2 aromatic rings. The molecule has 0 aromatic heterocycles. The van der Waals surface area contributed by atoms with Crippen LogP contribution in [-0.4, -0.2) is 14.2 Å². The Morgan fingerprint density at radius 2 is 1.24 bits per heavy atom. The maximum absolute atomic E-state index is 5.30. The van der Waals surface area contributed by atoms with Crippen LogP contribution in [-0.2, 0) is 12.8 Å². The standard InChI is InChI=1S/C19H24O2/c1-20-18-13-17(14-19(15-18)21-2)12-8-4-7-11-16-9-5-3-6-10-16/h3,5-6,9-10,13-15H,4,7-8,11-12H2,1-2H3. The maximum atomic E-state index is 5.30. The quantitative estimate of drug-likeness (QED) is 0.656. The number of unbranched alkanes of at least 4 members (excludes halogenated alkanes) is 2. The predicted molar refractivity (Wildman–Crippen MR) is 87.2 cm³/mol. The molecule has 0 saturated carbocycles. The number of hydrogen-bond donors (Lipinski definition) is 0. The van der Waals surface area contributed by atoms with Crippen LogP contribution in [0.1, 0.15) is 30.4 Å². The van der Waals surface area contributed by atoms with Crippen molar-refractivity contribution in [3.05, 3.63) is 59.7 Å². The first-order valence-corrected chi connectivity index (χ1v) is 7.57. The van der Waals surface area contributed by atoms with Crippen LogP contribution in [0, 0.1) is 0 Å². The Morgan fingerprint density at radius 1 is 0.667 bits per heavy atom. The van der Waals surface area contributed by atoms with Crippen molar-refractivity contribution in [1.29, 1.82) is 0 Å². The van der Waals surface area contributed by atoms with Gasteiger partial charge in [0.2, 0.25) is 0 Å². The summed E-state index contributed by atoms with van der Waals surface area (Å²) in [6.07, 6.45) is 5.92. The van der Waals surface area contributed by atoms with Crippen LogP contribution in [0.2, 0.25) is 0 Å². The lowest BCUT2D eigenvalue weighted by molar-refractivity contribution is 0.393. The SMILES string of the molecule is COc1cc(CCCCCc2ccccc2)cc(OC)c1. The maximum Gasteiger partial charge on any atom is 0.122 e. The third-order valence-corrected chi connectivity index (χ3v) is 3.68. The van der Waals surface area contributed by atoms with E-state index >= 15 is 0 Å². The molecule has 0 saturated heterocycles. The van der Waals surface area contributed by atoms with Gasteiger partial charge in [0.25, 0.3) is 0 Å². The normalized spacial score (nSPS) is 10.4. The molecule has 2 rings (SSSR count). The monoisotopic (exact) mass is 284 g/mol. The van der Waals surface area contributed by atoms with Crippen LogP contribution >= 0.6 is 0 Å². The van der Waals surface area contributed by atoms with Gasteiger partial charge in [0.1, 0.15) is 11.5 Å². The minimum Gasteiger partial charge on any atom is -0.497 e. The molecule has 21 heavy (non-hydrogen) atoms. The van der Waals surface area contributed by atoms with Crippen LogP contribution in [0.5, 0.6) is 11.5 Å². The van der Waals surface area contributed by atoms with E-state index in [1.54, 1.807) is 14.2 Å². The zero-order valence-electron chi connectivity index (χ0n) is 13.0. The predicted octanol–water partition coefficient (Wildman–Crippen LogP) is 4.66. The van der Waals surface area contributed by atoms with Crippen molar-refractivity contribution in [2.45, 2.75) is 32.1 Å². The molecule has 0 radical (unpaired) electrons. The summed E-state index contributed by atoms with van der Waals surface area (Å²) in [5.74, 6) is 1.74. The molecule has 2 nitrogen and oxygen atoms in total. The van der Waals surface area contributed by atoms with E-state index in [0.717, 1.165) is 17.9 Å². The van der Waals surface area contributed by atoms with Crippen molar-refractivity contribution >= 4 is 0 Å². The summed E-state index contributed by atoms with van der Waals surface area (Å²) in [5, 5.41) is 0. The average Bonchev–Trinajstić information content (AvgIpc) is 2.55. The lowest BCUT2D eigenvalue weighted by Crippen LogP contribution is -1.92. The lowest BCUT2D eigenvalue weighted by atomic mass is 10.0. The topological polar surface area (TPSA) is 18.5 Å². The summed E-state index contributed by atoms with van der Waals surface area (Å²) in [5.41, 5.74) is 2.71. The van der Waals surface area contributed by atoms with Crippen molar-refractivity contribution in [1.82, 2.24) is 0 Å². The summed E-state index contributed by atoms with van der Waals surface area (Å²) in [4.78, 5) is 0.